The minimum Gasteiger partial charge on any atom is -0.508 e. The average Bonchev–Trinajstić information content (AvgIpc) is 2.18. The predicted octanol–water partition coefficient (Wildman–Crippen LogP) is 1.54. The molecule has 0 saturated carbocycles. The van der Waals surface area contributed by atoms with Gasteiger partial charge in [-0.05, 0) is 12.1 Å². The van der Waals surface area contributed by atoms with E-state index >= 15 is 0 Å². The summed E-state index contributed by atoms with van der Waals surface area (Å²) in [6, 6.07) is -0.407. The van der Waals surface area contributed by atoms with Gasteiger partial charge in [-0.1, -0.05) is 0 Å². The zero-order chi connectivity index (χ0) is 12.5. The van der Waals surface area contributed by atoms with Gasteiger partial charge in [-0.3, -0.25) is 0 Å². The first-order chi connectivity index (χ1) is 7.27. The average molecular weight is 239 g/mol. The van der Waals surface area contributed by atoms with Crippen molar-refractivity contribution in [3.63, 3.8) is 0 Å². The van der Waals surface area contributed by atoms with Crippen LogP contribution in [0.5, 0.6) is 5.75 Å². The molecule has 0 saturated heterocycles. The fourth-order valence-electron chi connectivity index (χ4n) is 1.19. The molecule has 4 N–H and O–H groups in total. The van der Waals surface area contributed by atoms with Gasteiger partial charge in [0.2, 0.25) is 0 Å². The Balaban J connectivity index is 3.28. The lowest BCUT2D eigenvalue weighted by molar-refractivity contribution is -0.140. The van der Waals surface area contributed by atoms with E-state index in [4.69, 9.17) is 10.8 Å². The predicted molar refractivity (Wildman–Crippen MR) is 47.1 cm³/mol. The number of benzene rings is 1. The molecule has 90 valence electrons. The third-order valence-electron chi connectivity index (χ3n) is 2.02. The van der Waals surface area contributed by atoms with Crippen LogP contribution in [0.3, 0.4) is 0 Å². The van der Waals surface area contributed by atoms with Crippen molar-refractivity contribution in [3.05, 3.63) is 29.1 Å². The lowest BCUT2D eigenvalue weighted by Crippen LogP contribution is -2.16. The second-order valence-electron chi connectivity index (χ2n) is 3.18. The Morgan fingerprint density at radius 2 is 1.88 bits per heavy atom. The van der Waals surface area contributed by atoms with E-state index in [9.17, 15) is 22.7 Å². The zero-order valence-electron chi connectivity index (χ0n) is 7.92. The molecule has 0 aromatic heterocycles. The first kappa shape index (κ1) is 12.7. The van der Waals surface area contributed by atoms with E-state index in [-0.39, 0.29) is 11.6 Å². The van der Waals surface area contributed by atoms with Crippen LogP contribution in [0.2, 0.25) is 0 Å². The van der Waals surface area contributed by atoms with Gasteiger partial charge in [0.1, 0.15) is 11.6 Å². The van der Waals surface area contributed by atoms with Gasteiger partial charge in [0, 0.05) is 5.56 Å². The van der Waals surface area contributed by atoms with Crippen molar-refractivity contribution in [1.82, 2.24) is 0 Å². The lowest BCUT2D eigenvalue weighted by atomic mass is 10.0. The Morgan fingerprint density at radius 1 is 1.31 bits per heavy atom. The number of aromatic hydroxyl groups is 1. The first-order valence-electron chi connectivity index (χ1n) is 4.23. The first-order valence-corrected chi connectivity index (χ1v) is 4.23. The number of alkyl halides is 3. The monoisotopic (exact) mass is 239 g/mol. The molecule has 7 heteroatoms. The number of hydrogen-bond donors (Lipinski definition) is 3. The van der Waals surface area contributed by atoms with E-state index in [1.165, 1.54) is 0 Å². The SMILES string of the molecule is N[C@H](CO)c1cc(F)c(C(F)(F)F)cc1O. The van der Waals surface area contributed by atoms with Gasteiger partial charge in [-0.2, -0.15) is 13.2 Å². The quantitative estimate of drug-likeness (QED) is 0.686. The van der Waals surface area contributed by atoms with E-state index in [0.717, 1.165) is 0 Å². The van der Waals surface area contributed by atoms with Crippen LogP contribution in [0, 0.1) is 5.82 Å². The Labute approximate surface area is 88.1 Å². The lowest BCUT2D eigenvalue weighted by Gasteiger charge is -2.14. The van der Waals surface area contributed by atoms with Crippen molar-refractivity contribution in [1.29, 1.82) is 0 Å². The van der Waals surface area contributed by atoms with Crippen molar-refractivity contribution in [3.8, 4) is 5.75 Å². The summed E-state index contributed by atoms with van der Waals surface area (Å²) in [5.74, 6) is -2.33. The molecule has 3 nitrogen and oxygen atoms in total. The molecule has 1 atom stereocenters. The molecule has 0 bridgehead atoms. The summed E-state index contributed by atoms with van der Waals surface area (Å²) in [5.41, 5.74) is 3.42. The molecule has 0 spiro atoms. The molecule has 0 heterocycles. The van der Waals surface area contributed by atoms with Crippen LogP contribution in [0.1, 0.15) is 17.2 Å². The molecule has 0 aliphatic rings. The van der Waals surface area contributed by atoms with E-state index in [1.807, 2.05) is 0 Å². The van der Waals surface area contributed by atoms with Crippen LogP contribution < -0.4 is 5.73 Å². The minimum absolute atomic E-state index is 0.250. The molecule has 0 aliphatic carbocycles. The van der Waals surface area contributed by atoms with Crippen molar-refractivity contribution in [2.24, 2.45) is 5.73 Å². The van der Waals surface area contributed by atoms with Gasteiger partial charge < -0.3 is 15.9 Å². The van der Waals surface area contributed by atoms with E-state index in [0.29, 0.717) is 6.07 Å². The van der Waals surface area contributed by atoms with Crippen molar-refractivity contribution in [2.75, 3.05) is 6.61 Å². The molecular weight excluding hydrogens is 230 g/mol. The second-order valence-corrected chi connectivity index (χ2v) is 3.18. The Kier molecular flexibility index (Phi) is 3.39. The fourth-order valence-corrected chi connectivity index (χ4v) is 1.19. The van der Waals surface area contributed by atoms with Crippen LogP contribution in [0.25, 0.3) is 0 Å². The van der Waals surface area contributed by atoms with Gasteiger partial charge in [-0.25, -0.2) is 4.39 Å². The minimum atomic E-state index is -4.89. The number of aliphatic hydroxyl groups is 1. The van der Waals surface area contributed by atoms with Crippen LogP contribution in [0.4, 0.5) is 17.6 Å². The van der Waals surface area contributed by atoms with Gasteiger partial charge in [0.05, 0.1) is 18.2 Å². The summed E-state index contributed by atoms with van der Waals surface area (Å²) in [6.45, 7) is -0.613. The number of phenolic OH excluding ortho intramolecular Hbond substituents is 1. The number of halogens is 4. The summed E-state index contributed by atoms with van der Waals surface area (Å²) in [6.07, 6.45) is -4.89. The highest BCUT2D eigenvalue weighted by atomic mass is 19.4. The molecule has 0 aliphatic heterocycles. The van der Waals surface area contributed by atoms with Crippen LogP contribution in [-0.4, -0.2) is 16.8 Å². The molecule has 1 aromatic carbocycles. The molecule has 0 unspecified atom stereocenters. The van der Waals surface area contributed by atoms with E-state index in [2.05, 4.69) is 0 Å². The molecular formula is C9H9F4NO2. The molecule has 16 heavy (non-hydrogen) atoms. The van der Waals surface area contributed by atoms with Crippen LogP contribution in [0.15, 0.2) is 12.1 Å². The number of nitrogens with two attached hydrogens (primary N) is 1. The Bertz CT molecular complexity index is 392. The molecule has 0 amide bonds. The zero-order valence-corrected chi connectivity index (χ0v) is 7.92. The standard InChI is InChI=1S/C9H9F4NO2/c10-6-1-4(7(14)3-15)8(16)2-5(6)9(11,12)13/h1-2,7,15-16H,3,14H2/t7-/m1/s1. The maximum Gasteiger partial charge on any atom is 0.419 e. The number of rotatable bonds is 2. The Hall–Kier alpha value is -1.34. The summed E-state index contributed by atoms with van der Waals surface area (Å²) < 4.78 is 49.7. The number of hydrogen-bond acceptors (Lipinski definition) is 3. The summed E-state index contributed by atoms with van der Waals surface area (Å²) in [4.78, 5) is 0. The van der Waals surface area contributed by atoms with Gasteiger partial charge in [-0.15, -0.1) is 0 Å². The van der Waals surface area contributed by atoms with Crippen LogP contribution >= 0.6 is 0 Å². The van der Waals surface area contributed by atoms with Gasteiger partial charge >= 0.3 is 6.18 Å². The van der Waals surface area contributed by atoms with Crippen molar-refractivity contribution >= 4 is 0 Å². The van der Waals surface area contributed by atoms with Gasteiger partial charge in [0.15, 0.2) is 0 Å². The van der Waals surface area contributed by atoms with E-state index < -0.39 is 36.0 Å². The highest BCUT2D eigenvalue weighted by Gasteiger charge is 2.35. The number of phenols is 1. The molecule has 0 fully saturated rings. The van der Waals surface area contributed by atoms with Crippen LogP contribution in [-0.2, 0) is 6.18 Å². The molecule has 0 radical (unpaired) electrons. The second kappa shape index (κ2) is 4.26. The third kappa shape index (κ3) is 2.42. The summed E-state index contributed by atoms with van der Waals surface area (Å²) in [5, 5.41) is 17.9. The maximum absolute atomic E-state index is 13.1. The van der Waals surface area contributed by atoms with Crippen molar-refractivity contribution < 1.29 is 27.8 Å². The molecule has 1 aromatic rings. The topological polar surface area (TPSA) is 66.5 Å². The largest absolute Gasteiger partial charge is 0.508 e. The summed E-state index contributed by atoms with van der Waals surface area (Å²) >= 11 is 0. The fraction of sp³-hybridized carbons (Fsp3) is 0.333. The number of aliphatic hydroxyl groups excluding tert-OH is 1. The molecule has 1 rings (SSSR count). The highest BCUT2D eigenvalue weighted by molar-refractivity contribution is 5.40. The Morgan fingerprint density at radius 3 is 2.31 bits per heavy atom. The highest BCUT2D eigenvalue weighted by Crippen LogP contribution is 2.36. The normalized spacial score (nSPS) is 13.9. The smallest absolute Gasteiger partial charge is 0.419 e. The van der Waals surface area contributed by atoms with Gasteiger partial charge in [0.25, 0.3) is 0 Å². The van der Waals surface area contributed by atoms with E-state index in [1.54, 1.807) is 0 Å². The summed E-state index contributed by atoms with van der Waals surface area (Å²) in [7, 11) is 0. The third-order valence-corrected chi connectivity index (χ3v) is 2.02. The maximum atomic E-state index is 13.1. The van der Waals surface area contributed by atoms with Crippen molar-refractivity contribution in [2.45, 2.75) is 12.2 Å².